The van der Waals surface area contributed by atoms with Gasteiger partial charge in [-0.3, -0.25) is 4.79 Å². The van der Waals surface area contributed by atoms with Crippen molar-refractivity contribution < 1.29 is 9.90 Å². The van der Waals surface area contributed by atoms with Crippen molar-refractivity contribution in [2.75, 3.05) is 0 Å². The second kappa shape index (κ2) is 2.26. The van der Waals surface area contributed by atoms with Crippen LogP contribution in [0.25, 0.3) is 0 Å². The lowest BCUT2D eigenvalue weighted by molar-refractivity contribution is -0.206. The average Bonchev–Trinajstić information content (AvgIpc) is 2.30. The second-order valence-electron chi connectivity index (χ2n) is 2.27. The third-order valence-corrected chi connectivity index (χ3v) is 2.48. The van der Waals surface area contributed by atoms with Crippen molar-refractivity contribution in [3.8, 4) is 0 Å². The Balaban J connectivity index is 2.71. The van der Waals surface area contributed by atoms with E-state index in [-0.39, 0.29) is 11.0 Å². The first-order valence-electron chi connectivity index (χ1n) is 3.18. The average molecular weight is 163 g/mol. The summed E-state index contributed by atoms with van der Waals surface area (Å²) in [7, 11) is 0.294. The van der Waals surface area contributed by atoms with E-state index in [2.05, 4.69) is 0 Å². The summed E-state index contributed by atoms with van der Waals surface area (Å²) in [5, 5.41) is 11.0. The Bertz CT molecular complexity index is 355. The van der Waals surface area contributed by atoms with Crippen LogP contribution in [0.2, 0.25) is 0 Å². The fraction of sp³-hybridized carbons (Fsp3) is 0. The number of hydrogen-bond acceptors (Lipinski definition) is 2. The molecule has 0 aromatic heterocycles. The zero-order chi connectivity index (χ0) is 7.84. The number of hydrogen-bond donors (Lipinski definition) is 0. The normalized spacial score (nSPS) is 16.1. The van der Waals surface area contributed by atoms with E-state index in [0.717, 1.165) is 0 Å². The predicted octanol–water partition coefficient (Wildman–Crippen LogP) is 0.625. The molecule has 1 aliphatic rings. The molecule has 54 valence electrons. The Morgan fingerprint density at radius 1 is 1.18 bits per heavy atom. The lowest BCUT2D eigenvalue weighted by atomic mass is 10.1. The molecule has 1 heterocycles. The van der Waals surface area contributed by atoms with Gasteiger partial charge in [0.05, 0.1) is 0 Å². The molecule has 0 aliphatic carbocycles. The van der Waals surface area contributed by atoms with Crippen molar-refractivity contribution in [3.63, 3.8) is 0 Å². The van der Waals surface area contributed by atoms with Crippen LogP contribution in [0.1, 0.15) is 15.9 Å². The largest absolute Gasteiger partial charge is 0.823 e. The standard InChI is InChI=1S/C8H5O2P/c9-7-5-3-1-2-4-6(5)8(10)11-7/h1-4,9H/p-1. The van der Waals surface area contributed by atoms with Gasteiger partial charge < -0.3 is 5.11 Å². The van der Waals surface area contributed by atoms with Crippen LogP contribution in [-0.2, 0) is 0 Å². The van der Waals surface area contributed by atoms with Crippen LogP contribution in [0.4, 0.5) is 0 Å². The minimum atomic E-state index is -0.0781. The van der Waals surface area contributed by atoms with E-state index in [1.54, 1.807) is 24.3 Å². The minimum absolute atomic E-state index is 0.0781. The van der Waals surface area contributed by atoms with E-state index >= 15 is 0 Å². The second-order valence-corrected chi connectivity index (χ2v) is 3.30. The number of carbonyl (C=O) groups excluding carboxylic acids is 1. The summed E-state index contributed by atoms with van der Waals surface area (Å²) in [6.07, 6.45) is 0. The van der Waals surface area contributed by atoms with Gasteiger partial charge in [-0.2, -0.15) is 0 Å². The fourth-order valence-corrected chi connectivity index (χ4v) is 1.88. The Morgan fingerprint density at radius 2 is 1.82 bits per heavy atom. The maximum absolute atomic E-state index is 11.0. The maximum atomic E-state index is 11.0. The summed E-state index contributed by atoms with van der Waals surface area (Å²) in [6, 6.07) is 6.92. The van der Waals surface area contributed by atoms with Crippen molar-refractivity contribution in [1.82, 2.24) is 0 Å². The molecular weight excluding hydrogens is 159 g/mol. The van der Waals surface area contributed by atoms with Gasteiger partial charge in [-0.05, 0) is 13.8 Å². The van der Waals surface area contributed by atoms with Crippen molar-refractivity contribution in [2.45, 2.75) is 0 Å². The fourth-order valence-electron chi connectivity index (χ4n) is 1.07. The van der Waals surface area contributed by atoms with Gasteiger partial charge in [-0.25, -0.2) is 0 Å². The molecule has 1 aliphatic heterocycles. The highest BCUT2D eigenvalue weighted by atomic mass is 31.1. The molecule has 0 N–H and O–H groups in total. The van der Waals surface area contributed by atoms with E-state index in [9.17, 15) is 9.90 Å². The lowest BCUT2D eigenvalue weighted by Gasteiger charge is -2.05. The first kappa shape index (κ1) is 6.71. The molecule has 1 aromatic carbocycles. The van der Waals surface area contributed by atoms with Crippen LogP contribution in [-0.4, -0.2) is 11.0 Å². The highest BCUT2D eigenvalue weighted by Crippen LogP contribution is 2.24. The van der Waals surface area contributed by atoms with Crippen molar-refractivity contribution in [2.24, 2.45) is 0 Å². The van der Waals surface area contributed by atoms with Crippen LogP contribution >= 0.6 is 8.20 Å². The van der Waals surface area contributed by atoms with Gasteiger partial charge in [-0.1, -0.05) is 24.3 Å². The molecule has 1 aromatic rings. The first-order chi connectivity index (χ1) is 5.29. The molecule has 0 fully saturated rings. The molecule has 3 heteroatoms. The van der Waals surface area contributed by atoms with Gasteiger partial charge in [0.15, 0.2) is 0 Å². The highest BCUT2D eigenvalue weighted by molar-refractivity contribution is 7.61. The van der Waals surface area contributed by atoms with Gasteiger partial charge in [0.25, 0.3) is 0 Å². The van der Waals surface area contributed by atoms with Gasteiger partial charge in [0.2, 0.25) is 5.52 Å². The molecule has 0 bridgehead atoms. The molecule has 0 atom stereocenters. The van der Waals surface area contributed by atoms with Crippen molar-refractivity contribution in [1.29, 1.82) is 0 Å². The quantitative estimate of drug-likeness (QED) is 0.526. The van der Waals surface area contributed by atoms with Gasteiger partial charge >= 0.3 is 0 Å². The summed E-state index contributed by atoms with van der Waals surface area (Å²) in [5.74, 6) is 0. The summed E-state index contributed by atoms with van der Waals surface area (Å²) < 4.78 is 0. The van der Waals surface area contributed by atoms with Crippen LogP contribution in [0.3, 0.4) is 0 Å². The SMILES string of the molecule is O=C1P=C([O-])c2ccccc21. The van der Waals surface area contributed by atoms with Crippen molar-refractivity contribution >= 4 is 19.2 Å². The van der Waals surface area contributed by atoms with Crippen LogP contribution in [0, 0.1) is 0 Å². The van der Waals surface area contributed by atoms with E-state index in [1.165, 1.54) is 0 Å². The monoisotopic (exact) mass is 163 g/mol. The molecule has 0 saturated carbocycles. The number of carbonyl (C=O) groups is 1. The molecule has 2 nitrogen and oxygen atoms in total. The molecular formula is C8H4O2P-. The summed E-state index contributed by atoms with van der Waals surface area (Å²) in [6.45, 7) is 0. The lowest BCUT2D eigenvalue weighted by Crippen LogP contribution is -2.14. The Labute approximate surface area is 65.3 Å². The summed E-state index contributed by atoms with van der Waals surface area (Å²) in [5.41, 5.74) is 0.981. The first-order valence-corrected chi connectivity index (χ1v) is 4.08. The van der Waals surface area contributed by atoms with Crippen LogP contribution in [0.15, 0.2) is 24.3 Å². The van der Waals surface area contributed by atoms with E-state index in [0.29, 0.717) is 19.3 Å². The Kier molecular flexibility index (Phi) is 1.38. The van der Waals surface area contributed by atoms with E-state index < -0.39 is 0 Å². The third kappa shape index (κ3) is 0.917. The molecule has 0 saturated heterocycles. The summed E-state index contributed by atoms with van der Waals surface area (Å²) in [4.78, 5) is 11.0. The van der Waals surface area contributed by atoms with Gasteiger partial charge in [-0.15, -0.1) is 5.48 Å². The van der Waals surface area contributed by atoms with Gasteiger partial charge in [0, 0.05) is 5.56 Å². The van der Waals surface area contributed by atoms with Gasteiger partial charge in [0.1, 0.15) is 0 Å². The molecule has 11 heavy (non-hydrogen) atoms. The number of rotatable bonds is 0. The highest BCUT2D eigenvalue weighted by Gasteiger charge is 2.13. The minimum Gasteiger partial charge on any atom is -0.823 e. The maximum Gasteiger partial charge on any atom is 0.211 e. The molecule has 2 rings (SSSR count). The smallest absolute Gasteiger partial charge is 0.211 e. The molecule has 0 amide bonds. The zero-order valence-corrected chi connectivity index (χ0v) is 6.47. The molecule has 0 spiro atoms. The Hall–Kier alpha value is -0.980. The van der Waals surface area contributed by atoms with Crippen LogP contribution in [0.5, 0.6) is 0 Å². The third-order valence-electron chi connectivity index (χ3n) is 1.59. The number of benzene rings is 1. The zero-order valence-electron chi connectivity index (χ0n) is 5.57. The van der Waals surface area contributed by atoms with Crippen molar-refractivity contribution in [3.05, 3.63) is 35.4 Å². The number of fused-ring (bicyclic) bond motifs is 1. The Morgan fingerprint density at radius 3 is 2.45 bits per heavy atom. The predicted molar refractivity (Wildman–Crippen MR) is 41.8 cm³/mol. The summed E-state index contributed by atoms with van der Waals surface area (Å²) >= 11 is 0. The van der Waals surface area contributed by atoms with E-state index in [4.69, 9.17) is 0 Å². The van der Waals surface area contributed by atoms with Crippen LogP contribution < -0.4 is 5.11 Å². The molecule has 0 unspecified atom stereocenters. The topological polar surface area (TPSA) is 40.1 Å². The molecule has 0 radical (unpaired) electrons. The van der Waals surface area contributed by atoms with E-state index in [1.807, 2.05) is 0 Å².